The quantitative estimate of drug-likeness (QED) is 0.568. The van der Waals surface area contributed by atoms with Gasteiger partial charge in [0, 0.05) is 41.7 Å². The number of aromatic nitrogens is 1. The van der Waals surface area contributed by atoms with Gasteiger partial charge in [-0.3, -0.25) is 4.98 Å². The lowest BCUT2D eigenvalue weighted by atomic mass is 9.97. The van der Waals surface area contributed by atoms with E-state index in [0.717, 1.165) is 56.6 Å². The number of hydrogen-bond acceptors (Lipinski definition) is 6. The normalized spacial score (nSPS) is 21.9. The summed E-state index contributed by atoms with van der Waals surface area (Å²) >= 11 is 0. The van der Waals surface area contributed by atoms with Gasteiger partial charge in [0.2, 0.25) is 0 Å². The predicted molar refractivity (Wildman–Crippen MR) is 110 cm³/mol. The monoisotopic (exact) mass is 375 g/mol. The standard InChI is InChI=1S/C22H25N5O/c28-26-21-4-2-16-13-17(1-3-19(16)21)20-14-27(18-7-11-24-12-8-18)25-22(20)15-5-9-23-10-6-15/h1,3,5-6,9-10,13,18,24-25,28H,2,4,7-8,11-12,14H2/b26-21+. The number of rotatable bonds is 3. The minimum atomic E-state index is 0.540. The fraction of sp³-hybridized carbons (Fsp3) is 0.364. The molecule has 5 rings (SSSR count). The number of hydrogen-bond donors (Lipinski definition) is 3. The molecule has 1 aromatic carbocycles. The van der Waals surface area contributed by atoms with E-state index in [0.29, 0.717) is 6.04 Å². The molecule has 144 valence electrons. The summed E-state index contributed by atoms with van der Waals surface area (Å²) in [7, 11) is 0. The topological polar surface area (TPSA) is 72.8 Å². The first kappa shape index (κ1) is 17.4. The van der Waals surface area contributed by atoms with Crippen LogP contribution in [0.2, 0.25) is 0 Å². The van der Waals surface area contributed by atoms with Gasteiger partial charge in [-0.2, -0.15) is 0 Å². The first-order valence-corrected chi connectivity index (χ1v) is 10.1. The van der Waals surface area contributed by atoms with E-state index in [2.05, 4.69) is 56.2 Å². The Hall–Kier alpha value is -2.70. The zero-order chi connectivity index (χ0) is 18.9. The molecule has 6 heteroatoms. The first-order valence-electron chi connectivity index (χ1n) is 10.1. The Kier molecular flexibility index (Phi) is 4.58. The molecule has 1 saturated heterocycles. The third-order valence-electron chi connectivity index (χ3n) is 6.12. The third-order valence-corrected chi connectivity index (χ3v) is 6.12. The Morgan fingerprint density at radius 1 is 1.04 bits per heavy atom. The summed E-state index contributed by atoms with van der Waals surface area (Å²) in [6.07, 6.45) is 7.76. The molecule has 2 aliphatic heterocycles. The zero-order valence-corrected chi connectivity index (χ0v) is 15.9. The summed E-state index contributed by atoms with van der Waals surface area (Å²) in [5, 5.41) is 18.5. The Morgan fingerprint density at radius 3 is 2.64 bits per heavy atom. The summed E-state index contributed by atoms with van der Waals surface area (Å²) in [6, 6.07) is 11.2. The van der Waals surface area contributed by atoms with Crippen molar-refractivity contribution >= 4 is 17.0 Å². The second-order valence-electron chi connectivity index (χ2n) is 7.73. The predicted octanol–water partition coefficient (Wildman–Crippen LogP) is 2.65. The molecule has 0 unspecified atom stereocenters. The summed E-state index contributed by atoms with van der Waals surface area (Å²) in [5.74, 6) is 0. The van der Waals surface area contributed by atoms with Crippen LogP contribution in [-0.2, 0) is 6.42 Å². The van der Waals surface area contributed by atoms with Crippen molar-refractivity contribution < 1.29 is 5.21 Å². The van der Waals surface area contributed by atoms with Gasteiger partial charge in [-0.25, -0.2) is 5.01 Å². The van der Waals surface area contributed by atoms with E-state index >= 15 is 0 Å². The van der Waals surface area contributed by atoms with Gasteiger partial charge in [-0.1, -0.05) is 23.4 Å². The van der Waals surface area contributed by atoms with Crippen molar-refractivity contribution in [1.82, 2.24) is 20.7 Å². The van der Waals surface area contributed by atoms with Crippen LogP contribution in [0.4, 0.5) is 0 Å². The molecule has 0 saturated carbocycles. The maximum Gasteiger partial charge on any atom is 0.0873 e. The number of oxime groups is 1. The van der Waals surface area contributed by atoms with Gasteiger partial charge >= 0.3 is 0 Å². The molecule has 0 radical (unpaired) electrons. The Bertz CT molecular complexity index is 931. The van der Waals surface area contributed by atoms with Crippen LogP contribution in [0.25, 0.3) is 11.3 Å². The highest BCUT2D eigenvalue weighted by molar-refractivity contribution is 6.04. The molecule has 6 nitrogen and oxygen atoms in total. The van der Waals surface area contributed by atoms with Crippen LogP contribution in [0.15, 0.2) is 47.9 Å². The highest BCUT2D eigenvalue weighted by Crippen LogP contribution is 2.34. The van der Waals surface area contributed by atoms with E-state index in [1.54, 1.807) is 0 Å². The summed E-state index contributed by atoms with van der Waals surface area (Å²) in [5.41, 5.74) is 11.8. The number of nitrogens with one attached hydrogen (secondary N) is 2. The molecular formula is C22H25N5O. The molecule has 3 aliphatic rings. The lowest BCUT2D eigenvalue weighted by Gasteiger charge is -2.32. The van der Waals surface area contributed by atoms with E-state index in [1.165, 1.54) is 28.0 Å². The largest absolute Gasteiger partial charge is 0.411 e. The first-order chi connectivity index (χ1) is 13.8. The fourth-order valence-electron chi connectivity index (χ4n) is 4.59. The highest BCUT2D eigenvalue weighted by atomic mass is 16.4. The second-order valence-corrected chi connectivity index (χ2v) is 7.73. The molecule has 1 aliphatic carbocycles. The number of aryl methyl sites for hydroxylation is 1. The van der Waals surface area contributed by atoms with Gasteiger partial charge in [-0.05, 0) is 62.0 Å². The van der Waals surface area contributed by atoms with Gasteiger partial charge in [0.1, 0.15) is 0 Å². The van der Waals surface area contributed by atoms with Crippen molar-refractivity contribution in [3.05, 3.63) is 65.0 Å². The van der Waals surface area contributed by atoms with Crippen LogP contribution >= 0.6 is 0 Å². The van der Waals surface area contributed by atoms with Crippen LogP contribution in [-0.4, -0.2) is 46.6 Å². The highest BCUT2D eigenvalue weighted by Gasteiger charge is 2.30. The van der Waals surface area contributed by atoms with Gasteiger partial charge in [0.05, 0.1) is 11.4 Å². The molecule has 2 aromatic rings. The van der Waals surface area contributed by atoms with Crippen molar-refractivity contribution in [2.24, 2.45) is 5.16 Å². The summed E-state index contributed by atoms with van der Waals surface area (Å²) < 4.78 is 0. The van der Waals surface area contributed by atoms with Crippen molar-refractivity contribution in [3.8, 4) is 0 Å². The lowest BCUT2D eigenvalue weighted by Crippen LogP contribution is -2.46. The molecular weight excluding hydrogens is 350 g/mol. The molecule has 3 heterocycles. The van der Waals surface area contributed by atoms with Crippen molar-refractivity contribution in [2.75, 3.05) is 19.6 Å². The van der Waals surface area contributed by atoms with E-state index in [1.807, 2.05) is 12.4 Å². The van der Waals surface area contributed by atoms with E-state index in [9.17, 15) is 5.21 Å². The van der Waals surface area contributed by atoms with Crippen LogP contribution in [0.3, 0.4) is 0 Å². The van der Waals surface area contributed by atoms with Gasteiger partial charge in [-0.15, -0.1) is 0 Å². The lowest BCUT2D eigenvalue weighted by molar-refractivity contribution is 0.156. The Morgan fingerprint density at radius 2 is 1.86 bits per heavy atom. The number of hydrazine groups is 1. The number of piperidine rings is 1. The van der Waals surface area contributed by atoms with Crippen LogP contribution in [0, 0.1) is 0 Å². The van der Waals surface area contributed by atoms with E-state index in [-0.39, 0.29) is 0 Å². The molecule has 0 bridgehead atoms. The minimum Gasteiger partial charge on any atom is -0.411 e. The SMILES string of the molecule is O/N=C1\CCc2cc(C3=C(c4ccncc4)NN(C4CCNCC4)C3)ccc21. The number of benzene rings is 1. The summed E-state index contributed by atoms with van der Waals surface area (Å²) in [4.78, 5) is 4.18. The second kappa shape index (κ2) is 7.37. The zero-order valence-electron chi connectivity index (χ0n) is 15.9. The van der Waals surface area contributed by atoms with E-state index in [4.69, 9.17) is 0 Å². The third kappa shape index (κ3) is 3.08. The fourth-order valence-corrected chi connectivity index (χ4v) is 4.59. The molecule has 1 aromatic heterocycles. The van der Waals surface area contributed by atoms with E-state index < -0.39 is 0 Å². The van der Waals surface area contributed by atoms with Crippen molar-refractivity contribution in [1.29, 1.82) is 0 Å². The van der Waals surface area contributed by atoms with Gasteiger partial charge < -0.3 is 15.9 Å². The molecule has 0 amide bonds. The van der Waals surface area contributed by atoms with Crippen LogP contribution < -0.4 is 10.7 Å². The Labute approximate surface area is 164 Å². The number of nitrogens with zero attached hydrogens (tertiary/aromatic N) is 3. The van der Waals surface area contributed by atoms with Gasteiger partial charge in [0.15, 0.2) is 0 Å². The smallest absolute Gasteiger partial charge is 0.0873 e. The molecule has 28 heavy (non-hydrogen) atoms. The minimum absolute atomic E-state index is 0.540. The molecule has 1 fully saturated rings. The van der Waals surface area contributed by atoms with Crippen LogP contribution in [0.5, 0.6) is 0 Å². The molecule has 3 N–H and O–H groups in total. The molecule has 0 atom stereocenters. The Balaban J connectivity index is 1.52. The van der Waals surface area contributed by atoms with Crippen LogP contribution in [0.1, 0.15) is 41.5 Å². The van der Waals surface area contributed by atoms with Crippen molar-refractivity contribution in [2.45, 2.75) is 31.7 Å². The number of pyridine rings is 1. The van der Waals surface area contributed by atoms with Gasteiger partial charge in [0.25, 0.3) is 0 Å². The average molecular weight is 375 g/mol. The number of fused-ring (bicyclic) bond motifs is 1. The molecule has 0 spiro atoms. The summed E-state index contributed by atoms with van der Waals surface area (Å²) in [6.45, 7) is 3.04. The maximum atomic E-state index is 9.21. The maximum absolute atomic E-state index is 9.21. The van der Waals surface area contributed by atoms with Crippen molar-refractivity contribution in [3.63, 3.8) is 0 Å². The average Bonchev–Trinajstić information content (AvgIpc) is 3.39.